The summed E-state index contributed by atoms with van der Waals surface area (Å²) in [4.78, 5) is 13.4. The zero-order chi connectivity index (χ0) is 12.0. The summed E-state index contributed by atoms with van der Waals surface area (Å²) in [5.74, 6) is -0.587. The number of cyclic esters (lactones) is 1. The van der Waals surface area contributed by atoms with E-state index in [4.69, 9.17) is 9.88 Å². The fourth-order valence-electron chi connectivity index (χ4n) is 2.66. The number of likely N-dealkylation sites (tertiary alicyclic amines) is 1. The van der Waals surface area contributed by atoms with Gasteiger partial charge >= 0.3 is 5.97 Å². The molecular weight excluding hydrogens is 232 g/mol. The summed E-state index contributed by atoms with van der Waals surface area (Å²) in [6.45, 7) is 1.55. The number of carbonyl (C=O) groups is 1. The van der Waals surface area contributed by atoms with Crippen molar-refractivity contribution in [3.8, 4) is 0 Å². The van der Waals surface area contributed by atoms with Crippen molar-refractivity contribution in [2.75, 3.05) is 25.9 Å². The predicted octanol–water partition coefficient (Wildman–Crippen LogP) is -1.09. The maximum Gasteiger partial charge on any atom is 0.306 e. The lowest BCUT2D eigenvalue weighted by atomic mass is 9.81. The standard InChI is InChI=1S/C9H16N2O4S/c1-11-3-2-9(6-11)4-8(12)15-7(9)5-16(10,13)14/h7H,2-6H2,1H3,(H2,10,13,14). The third-order valence-electron chi connectivity index (χ3n) is 3.41. The topological polar surface area (TPSA) is 89.7 Å². The SMILES string of the molecule is CN1CCC2(CC(=O)OC2CS(N)(=O)=O)C1. The van der Waals surface area contributed by atoms with Crippen LogP contribution in [0.2, 0.25) is 0 Å². The highest BCUT2D eigenvalue weighted by atomic mass is 32.2. The van der Waals surface area contributed by atoms with Crippen molar-refractivity contribution in [1.29, 1.82) is 0 Å². The van der Waals surface area contributed by atoms with Crippen LogP contribution in [0.4, 0.5) is 0 Å². The Morgan fingerprint density at radius 1 is 1.62 bits per heavy atom. The molecule has 0 bridgehead atoms. The second-order valence-electron chi connectivity index (χ2n) is 4.83. The molecule has 2 fully saturated rings. The molecule has 0 aromatic heterocycles. The number of ether oxygens (including phenoxy) is 1. The summed E-state index contributed by atoms with van der Waals surface area (Å²) >= 11 is 0. The van der Waals surface area contributed by atoms with Gasteiger partial charge in [-0.2, -0.15) is 0 Å². The van der Waals surface area contributed by atoms with Crippen LogP contribution in [0.15, 0.2) is 0 Å². The minimum atomic E-state index is -3.61. The third-order valence-corrected chi connectivity index (χ3v) is 4.18. The van der Waals surface area contributed by atoms with Crippen LogP contribution < -0.4 is 5.14 Å². The van der Waals surface area contributed by atoms with Gasteiger partial charge in [-0.25, -0.2) is 13.6 Å². The van der Waals surface area contributed by atoms with Crippen molar-refractivity contribution in [3.05, 3.63) is 0 Å². The number of sulfonamides is 1. The third kappa shape index (κ3) is 2.21. The van der Waals surface area contributed by atoms with Gasteiger partial charge in [0, 0.05) is 12.0 Å². The van der Waals surface area contributed by atoms with Crippen LogP contribution in [-0.4, -0.2) is 51.3 Å². The highest BCUT2D eigenvalue weighted by Crippen LogP contribution is 2.43. The van der Waals surface area contributed by atoms with Gasteiger partial charge in [-0.3, -0.25) is 4.79 Å². The van der Waals surface area contributed by atoms with Crippen molar-refractivity contribution < 1.29 is 17.9 Å². The first-order valence-electron chi connectivity index (χ1n) is 5.19. The zero-order valence-corrected chi connectivity index (χ0v) is 10.00. The maximum atomic E-state index is 11.3. The molecule has 16 heavy (non-hydrogen) atoms. The second kappa shape index (κ2) is 3.68. The number of primary sulfonamides is 1. The molecule has 2 aliphatic heterocycles. The van der Waals surface area contributed by atoms with Gasteiger partial charge in [0.15, 0.2) is 0 Å². The number of nitrogens with two attached hydrogens (primary N) is 1. The predicted molar refractivity (Wildman–Crippen MR) is 57.0 cm³/mol. The zero-order valence-electron chi connectivity index (χ0n) is 9.18. The van der Waals surface area contributed by atoms with Gasteiger partial charge in [0.2, 0.25) is 10.0 Å². The largest absolute Gasteiger partial charge is 0.461 e. The Hall–Kier alpha value is -0.660. The second-order valence-corrected chi connectivity index (χ2v) is 6.49. The van der Waals surface area contributed by atoms with Gasteiger partial charge in [-0.1, -0.05) is 0 Å². The first kappa shape index (κ1) is 11.8. The van der Waals surface area contributed by atoms with Crippen LogP contribution in [0, 0.1) is 5.41 Å². The fourth-order valence-corrected chi connectivity index (χ4v) is 3.51. The van der Waals surface area contributed by atoms with E-state index < -0.39 is 16.1 Å². The van der Waals surface area contributed by atoms with Gasteiger partial charge in [-0.05, 0) is 20.0 Å². The maximum absolute atomic E-state index is 11.3. The summed E-state index contributed by atoms with van der Waals surface area (Å²) in [5.41, 5.74) is -0.349. The number of hydrogen-bond donors (Lipinski definition) is 1. The Balaban J connectivity index is 2.20. The molecule has 0 amide bonds. The van der Waals surface area contributed by atoms with E-state index in [-0.39, 0.29) is 17.1 Å². The number of esters is 1. The van der Waals surface area contributed by atoms with E-state index in [1.54, 1.807) is 0 Å². The summed E-state index contributed by atoms with van der Waals surface area (Å²) in [7, 11) is -1.66. The highest BCUT2D eigenvalue weighted by Gasteiger charge is 2.53. The minimum Gasteiger partial charge on any atom is -0.461 e. The van der Waals surface area contributed by atoms with Gasteiger partial charge in [0.05, 0.1) is 6.42 Å². The van der Waals surface area contributed by atoms with Crippen LogP contribution in [0.25, 0.3) is 0 Å². The average molecular weight is 248 g/mol. The molecule has 2 aliphatic rings. The molecule has 92 valence electrons. The van der Waals surface area contributed by atoms with Gasteiger partial charge < -0.3 is 9.64 Å². The highest BCUT2D eigenvalue weighted by molar-refractivity contribution is 7.89. The molecule has 0 aliphatic carbocycles. The quantitative estimate of drug-likeness (QED) is 0.627. The molecule has 2 rings (SSSR count). The molecule has 0 aromatic rings. The molecule has 2 unspecified atom stereocenters. The molecule has 0 radical (unpaired) electrons. The molecule has 7 heteroatoms. The summed E-state index contributed by atoms with van der Waals surface area (Å²) in [6.07, 6.45) is 0.507. The molecule has 2 saturated heterocycles. The van der Waals surface area contributed by atoms with E-state index in [0.29, 0.717) is 13.0 Å². The first-order valence-corrected chi connectivity index (χ1v) is 6.91. The van der Waals surface area contributed by atoms with Crippen LogP contribution in [0.1, 0.15) is 12.8 Å². The molecule has 2 atom stereocenters. The Morgan fingerprint density at radius 3 is 2.81 bits per heavy atom. The molecule has 0 saturated carbocycles. The Kier molecular flexibility index (Phi) is 2.72. The summed E-state index contributed by atoms with van der Waals surface area (Å²) in [5, 5.41) is 5.01. The van der Waals surface area contributed by atoms with Crippen molar-refractivity contribution in [3.63, 3.8) is 0 Å². The summed E-state index contributed by atoms with van der Waals surface area (Å²) < 4.78 is 27.3. The number of hydrogen-bond acceptors (Lipinski definition) is 5. The van der Waals surface area contributed by atoms with Crippen molar-refractivity contribution in [1.82, 2.24) is 4.90 Å². The normalized spacial score (nSPS) is 35.9. The molecular formula is C9H16N2O4S. The van der Waals surface area contributed by atoms with Crippen LogP contribution in [-0.2, 0) is 19.6 Å². The van der Waals surface area contributed by atoms with Crippen LogP contribution >= 0.6 is 0 Å². The van der Waals surface area contributed by atoms with Crippen molar-refractivity contribution in [2.24, 2.45) is 10.6 Å². The van der Waals surface area contributed by atoms with E-state index >= 15 is 0 Å². The smallest absolute Gasteiger partial charge is 0.306 e. The minimum absolute atomic E-state index is 0.271. The number of nitrogens with zero attached hydrogens (tertiary/aromatic N) is 1. The van der Waals surface area contributed by atoms with Crippen molar-refractivity contribution >= 4 is 16.0 Å². The van der Waals surface area contributed by atoms with Crippen LogP contribution in [0.5, 0.6) is 0 Å². The summed E-state index contributed by atoms with van der Waals surface area (Å²) in [6, 6.07) is 0. The van der Waals surface area contributed by atoms with Gasteiger partial charge in [0.25, 0.3) is 0 Å². The van der Waals surface area contributed by atoms with Gasteiger partial charge in [-0.15, -0.1) is 0 Å². The monoisotopic (exact) mass is 248 g/mol. The molecule has 6 nitrogen and oxygen atoms in total. The Morgan fingerprint density at radius 2 is 2.31 bits per heavy atom. The van der Waals surface area contributed by atoms with Gasteiger partial charge in [0.1, 0.15) is 11.9 Å². The van der Waals surface area contributed by atoms with E-state index in [1.165, 1.54) is 0 Å². The van der Waals surface area contributed by atoms with Crippen LogP contribution in [0.3, 0.4) is 0 Å². The Labute approximate surface area is 94.8 Å². The number of carbonyl (C=O) groups excluding carboxylic acids is 1. The lowest BCUT2D eigenvalue weighted by molar-refractivity contribution is -0.140. The van der Waals surface area contributed by atoms with E-state index in [2.05, 4.69) is 4.90 Å². The number of rotatable bonds is 2. The first-order chi connectivity index (χ1) is 7.31. The average Bonchev–Trinajstić information content (AvgIpc) is 2.56. The van der Waals surface area contributed by atoms with E-state index in [9.17, 15) is 13.2 Å². The Bertz CT molecular complexity index is 408. The fraction of sp³-hybridized carbons (Fsp3) is 0.889. The van der Waals surface area contributed by atoms with E-state index in [1.807, 2.05) is 7.05 Å². The molecule has 2 N–H and O–H groups in total. The van der Waals surface area contributed by atoms with Crippen molar-refractivity contribution in [2.45, 2.75) is 18.9 Å². The molecule has 0 aromatic carbocycles. The lowest BCUT2D eigenvalue weighted by Gasteiger charge is -2.27. The van der Waals surface area contributed by atoms with E-state index in [0.717, 1.165) is 13.0 Å². The molecule has 2 heterocycles. The molecule has 1 spiro atoms. The lowest BCUT2D eigenvalue weighted by Crippen LogP contribution is -2.40.